The zero-order valence-corrected chi connectivity index (χ0v) is 14.7. The van der Waals surface area contributed by atoms with Gasteiger partial charge in [0, 0.05) is 7.05 Å². The van der Waals surface area contributed by atoms with Crippen LogP contribution in [0.4, 0.5) is 0 Å². The second-order valence-electron chi connectivity index (χ2n) is 5.68. The van der Waals surface area contributed by atoms with Crippen molar-refractivity contribution in [3.05, 3.63) is 53.5 Å². The highest BCUT2D eigenvalue weighted by molar-refractivity contribution is 5.89. The predicted molar refractivity (Wildman–Crippen MR) is 96.7 cm³/mol. The lowest BCUT2D eigenvalue weighted by Gasteiger charge is -2.17. The molecule has 134 valence electrons. The lowest BCUT2D eigenvalue weighted by molar-refractivity contribution is 0.0972. The summed E-state index contributed by atoms with van der Waals surface area (Å²) >= 11 is 0. The van der Waals surface area contributed by atoms with Crippen molar-refractivity contribution in [1.29, 1.82) is 0 Å². The van der Waals surface area contributed by atoms with Gasteiger partial charge in [-0.05, 0) is 43.7 Å². The number of rotatable bonds is 7. The molecule has 1 aromatic heterocycles. The minimum Gasteiger partial charge on any atom is -0.489 e. The van der Waals surface area contributed by atoms with Crippen LogP contribution in [0.15, 0.2) is 45.8 Å². The van der Waals surface area contributed by atoms with Crippen LogP contribution in [-0.2, 0) is 6.54 Å². The Bertz CT molecular complexity index is 739. The highest BCUT2D eigenvalue weighted by Crippen LogP contribution is 2.13. The first-order chi connectivity index (χ1) is 12.0. The number of aliphatic imine (C=N–C) groups is 1. The fourth-order valence-corrected chi connectivity index (χ4v) is 2.20. The van der Waals surface area contributed by atoms with Crippen molar-refractivity contribution in [2.75, 3.05) is 13.6 Å². The van der Waals surface area contributed by atoms with Gasteiger partial charge in [0.1, 0.15) is 17.6 Å². The Labute approximate surface area is 147 Å². The van der Waals surface area contributed by atoms with Gasteiger partial charge in [-0.25, -0.2) is 0 Å². The molecule has 0 aliphatic rings. The number of hydrogen-bond donors (Lipinski definition) is 3. The lowest BCUT2D eigenvalue weighted by Crippen LogP contribution is -2.41. The van der Waals surface area contributed by atoms with E-state index in [9.17, 15) is 4.79 Å². The number of primary amides is 1. The summed E-state index contributed by atoms with van der Waals surface area (Å²) in [6.45, 7) is 4.98. The summed E-state index contributed by atoms with van der Waals surface area (Å²) < 4.78 is 11.2. The van der Waals surface area contributed by atoms with Gasteiger partial charge < -0.3 is 25.5 Å². The fourth-order valence-electron chi connectivity index (χ4n) is 2.20. The van der Waals surface area contributed by atoms with E-state index >= 15 is 0 Å². The molecule has 2 rings (SSSR count). The quantitative estimate of drug-likeness (QED) is 0.525. The van der Waals surface area contributed by atoms with E-state index in [2.05, 4.69) is 15.6 Å². The van der Waals surface area contributed by atoms with E-state index in [-0.39, 0.29) is 11.9 Å². The van der Waals surface area contributed by atoms with Crippen molar-refractivity contribution in [2.24, 2.45) is 10.7 Å². The molecular weight excluding hydrogens is 320 g/mol. The Morgan fingerprint density at radius 1 is 1.32 bits per heavy atom. The van der Waals surface area contributed by atoms with Gasteiger partial charge in [0.15, 0.2) is 11.7 Å². The van der Waals surface area contributed by atoms with Crippen molar-refractivity contribution >= 4 is 11.9 Å². The van der Waals surface area contributed by atoms with Gasteiger partial charge in [-0.15, -0.1) is 0 Å². The minimum atomic E-state index is -0.587. The number of nitrogens with one attached hydrogen (secondary N) is 2. The number of guanidine groups is 1. The van der Waals surface area contributed by atoms with Crippen LogP contribution < -0.4 is 21.1 Å². The number of ether oxygens (including phenoxy) is 1. The first kappa shape index (κ1) is 18.4. The van der Waals surface area contributed by atoms with E-state index in [1.54, 1.807) is 19.2 Å². The zero-order chi connectivity index (χ0) is 18.2. The SMILES string of the molecule is CN=C(NCc1ccc(C(N)=O)o1)NCC(C)Oc1cccc(C)c1. The van der Waals surface area contributed by atoms with E-state index in [0.717, 1.165) is 11.3 Å². The van der Waals surface area contributed by atoms with Crippen LogP contribution in [0, 0.1) is 6.92 Å². The molecule has 0 saturated carbocycles. The number of carbonyl (C=O) groups excluding carboxylic acids is 1. The molecule has 1 atom stereocenters. The highest BCUT2D eigenvalue weighted by atomic mass is 16.5. The summed E-state index contributed by atoms with van der Waals surface area (Å²) in [4.78, 5) is 15.2. The molecule has 1 heterocycles. The second-order valence-corrected chi connectivity index (χ2v) is 5.68. The monoisotopic (exact) mass is 344 g/mol. The molecule has 1 unspecified atom stereocenters. The predicted octanol–water partition coefficient (Wildman–Crippen LogP) is 1.82. The Morgan fingerprint density at radius 3 is 2.76 bits per heavy atom. The van der Waals surface area contributed by atoms with Gasteiger partial charge >= 0.3 is 0 Å². The molecule has 25 heavy (non-hydrogen) atoms. The number of benzene rings is 1. The van der Waals surface area contributed by atoms with E-state index in [1.165, 1.54) is 0 Å². The van der Waals surface area contributed by atoms with Crippen LogP contribution in [0.25, 0.3) is 0 Å². The van der Waals surface area contributed by atoms with Gasteiger partial charge in [0.25, 0.3) is 5.91 Å². The summed E-state index contributed by atoms with van der Waals surface area (Å²) in [6, 6.07) is 11.2. The summed E-state index contributed by atoms with van der Waals surface area (Å²) in [5.74, 6) is 1.60. The number of carbonyl (C=O) groups is 1. The number of amides is 1. The molecule has 2 aromatic rings. The van der Waals surface area contributed by atoms with E-state index in [4.69, 9.17) is 14.9 Å². The molecule has 0 aliphatic heterocycles. The van der Waals surface area contributed by atoms with Crippen LogP contribution in [0.2, 0.25) is 0 Å². The van der Waals surface area contributed by atoms with Crippen LogP contribution in [0.3, 0.4) is 0 Å². The van der Waals surface area contributed by atoms with E-state index < -0.39 is 5.91 Å². The summed E-state index contributed by atoms with van der Waals surface area (Å²) in [7, 11) is 1.68. The third-order valence-corrected chi connectivity index (χ3v) is 3.44. The second kappa shape index (κ2) is 8.77. The number of nitrogens with zero attached hydrogens (tertiary/aromatic N) is 1. The Balaban J connectivity index is 1.78. The van der Waals surface area contributed by atoms with Crippen molar-refractivity contribution in [3.8, 4) is 5.75 Å². The van der Waals surface area contributed by atoms with Crippen LogP contribution >= 0.6 is 0 Å². The largest absolute Gasteiger partial charge is 0.489 e. The van der Waals surface area contributed by atoms with Gasteiger partial charge in [-0.1, -0.05) is 12.1 Å². The van der Waals surface area contributed by atoms with E-state index in [0.29, 0.717) is 24.8 Å². The standard InChI is InChI=1S/C18H24N4O3/c1-12-5-4-6-14(9-12)24-13(2)10-21-18(20-3)22-11-15-7-8-16(25-15)17(19)23/h4-9,13H,10-11H2,1-3H3,(H2,19,23)(H2,20,21,22). The third-order valence-electron chi connectivity index (χ3n) is 3.44. The maximum Gasteiger partial charge on any atom is 0.284 e. The Hall–Kier alpha value is -2.96. The first-order valence-corrected chi connectivity index (χ1v) is 8.04. The summed E-state index contributed by atoms with van der Waals surface area (Å²) in [5, 5.41) is 6.29. The fraction of sp³-hybridized carbons (Fsp3) is 0.333. The van der Waals surface area contributed by atoms with Gasteiger partial charge in [0.05, 0.1) is 13.1 Å². The van der Waals surface area contributed by atoms with Crippen molar-refractivity contribution < 1.29 is 13.9 Å². The lowest BCUT2D eigenvalue weighted by atomic mass is 10.2. The number of hydrogen-bond acceptors (Lipinski definition) is 4. The maximum absolute atomic E-state index is 11.0. The van der Waals surface area contributed by atoms with Gasteiger partial charge in [0.2, 0.25) is 0 Å². The Kier molecular flexibility index (Phi) is 6.45. The van der Waals surface area contributed by atoms with Crippen molar-refractivity contribution in [1.82, 2.24) is 10.6 Å². The van der Waals surface area contributed by atoms with Crippen LogP contribution in [0.1, 0.15) is 28.8 Å². The van der Waals surface area contributed by atoms with Crippen molar-refractivity contribution in [2.45, 2.75) is 26.5 Å². The van der Waals surface area contributed by atoms with Gasteiger partial charge in [-0.2, -0.15) is 0 Å². The Morgan fingerprint density at radius 2 is 2.12 bits per heavy atom. The zero-order valence-electron chi connectivity index (χ0n) is 14.7. The summed E-state index contributed by atoms with van der Waals surface area (Å²) in [6.07, 6.45) is -0.0366. The van der Waals surface area contributed by atoms with Crippen LogP contribution in [0.5, 0.6) is 5.75 Å². The third kappa shape index (κ3) is 5.87. The molecule has 1 amide bonds. The first-order valence-electron chi connectivity index (χ1n) is 8.04. The topological polar surface area (TPSA) is 102 Å². The average Bonchev–Trinajstić information content (AvgIpc) is 3.04. The van der Waals surface area contributed by atoms with Crippen molar-refractivity contribution in [3.63, 3.8) is 0 Å². The molecule has 7 nitrogen and oxygen atoms in total. The number of furan rings is 1. The molecule has 0 saturated heterocycles. The molecule has 0 bridgehead atoms. The molecule has 0 spiro atoms. The molecule has 0 aliphatic carbocycles. The van der Waals surface area contributed by atoms with E-state index in [1.807, 2.05) is 38.1 Å². The molecule has 0 fully saturated rings. The molecule has 0 radical (unpaired) electrons. The number of aryl methyl sites for hydroxylation is 1. The number of nitrogens with two attached hydrogens (primary N) is 1. The molecule has 7 heteroatoms. The molecular formula is C18H24N4O3. The smallest absolute Gasteiger partial charge is 0.284 e. The normalized spacial score (nSPS) is 12.5. The summed E-state index contributed by atoms with van der Waals surface area (Å²) in [5.41, 5.74) is 6.32. The maximum atomic E-state index is 11.0. The highest BCUT2D eigenvalue weighted by Gasteiger charge is 2.09. The molecule has 1 aromatic carbocycles. The molecule has 4 N–H and O–H groups in total. The average molecular weight is 344 g/mol. The van der Waals surface area contributed by atoms with Crippen LogP contribution in [-0.4, -0.2) is 31.6 Å². The minimum absolute atomic E-state index is 0.0366. The van der Waals surface area contributed by atoms with Gasteiger partial charge in [-0.3, -0.25) is 9.79 Å².